The Morgan fingerprint density at radius 3 is 2.40 bits per heavy atom. The van der Waals surface area contributed by atoms with Gasteiger partial charge in [0, 0.05) is 22.1 Å². The number of hydrogen-bond acceptors (Lipinski definition) is 3. The molecule has 3 heteroatoms. The summed E-state index contributed by atoms with van der Waals surface area (Å²) in [5.41, 5.74) is 0.789. The Labute approximate surface area is 101 Å². The normalized spacial score (nSPS) is 10.7. The van der Waals surface area contributed by atoms with E-state index in [1.807, 2.05) is 24.3 Å². The van der Waals surface area contributed by atoms with Crippen LogP contribution in [-0.2, 0) is 0 Å². The van der Waals surface area contributed by atoms with E-state index in [4.69, 9.17) is 0 Å². The van der Waals surface area contributed by atoms with Crippen LogP contribution in [0, 0.1) is 0 Å². The minimum atomic E-state index is 0.172. The molecule has 0 radical (unpaired) electrons. The lowest BCUT2D eigenvalue weighted by Gasteiger charge is -2.05. The molecule has 0 saturated heterocycles. The molecule has 82 valence electrons. The molecule has 0 bridgehead atoms. The summed E-state index contributed by atoms with van der Waals surface area (Å²) < 4.78 is 0. The van der Waals surface area contributed by atoms with Crippen molar-refractivity contribution in [2.45, 2.75) is 30.4 Å². The Hall–Kier alpha value is -0.410. The second-order valence-electron chi connectivity index (χ2n) is 3.59. The molecule has 0 heterocycles. The number of ketones is 1. The maximum Gasteiger partial charge on any atom is 0.163 e. The summed E-state index contributed by atoms with van der Waals surface area (Å²) in [5, 5.41) is 0.573. The first-order valence-electron chi connectivity index (χ1n) is 5.04. The molecule has 0 amide bonds. The number of carbonyl (C=O) groups is 1. The average molecular weight is 240 g/mol. The van der Waals surface area contributed by atoms with E-state index < -0.39 is 0 Å². The maximum atomic E-state index is 11.5. The van der Waals surface area contributed by atoms with Crippen LogP contribution in [0.5, 0.6) is 0 Å². The van der Waals surface area contributed by atoms with E-state index in [1.165, 1.54) is 4.90 Å². The lowest BCUT2D eigenvalue weighted by Crippen LogP contribution is -1.99. The van der Waals surface area contributed by atoms with Crippen molar-refractivity contribution in [3.63, 3.8) is 0 Å². The quantitative estimate of drug-likeness (QED) is 0.480. The summed E-state index contributed by atoms with van der Waals surface area (Å²) in [6, 6.07) is 7.82. The van der Waals surface area contributed by atoms with Crippen molar-refractivity contribution in [2.24, 2.45) is 0 Å². The van der Waals surface area contributed by atoms with E-state index >= 15 is 0 Å². The summed E-state index contributed by atoms with van der Waals surface area (Å²) in [6.07, 6.45) is 0.514. The molecule has 0 aliphatic carbocycles. The lowest BCUT2D eigenvalue weighted by atomic mass is 10.1. The van der Waals surface area contributed by atoms with Gasteiger partial charge in [-0.15, -0.1) is 11.8 Å². The fraction of sp³-hybridized carbons (Fsp3) is 0.417. The van der Waals surface area contributed by atoms with Crippen molar-refractivity contribution >= 4 is 30.2 Å². The highest BCUT2D eigenvalue weighted by Crippen LogP contribution is 2.23. The van der Waals surface area contributed by atoms with E-state index in [0.29, 0.717) is 17.4 Å². The van der Waals surface area contributed by atoms with Crippen molar-refractivity contribution in [1.29, 1.82) is 0 Å². The topological polar surface area (TPSA) is 17.1 Å². The Kier molecular flexibility index (Phi) is 5.26. The van der Waals surface area contributed by atoms with Crippen LogP contribution in [0.25, 0.3) is 0 Å². The first kappa shape index (κ1) is 12.7. The molecule has 0 aliphatic heterocycles. The van der Waals surface area contributed by atoms with Crippen LogP contribution in [0.2, 0.25) is 0 Å². The number of carbonyl (C=O) groups excluding carboxylic acids is 1. The van der Waals surface area contributed by atoms with Crippen LogP contribution in [0.3, 0.4) is 0 Å². The molecule has 0 aliphatic rings. The lowest BCUT2D eigenvalue weighted by molar-refractivity contribution is 0.0989. The van der Waals surface area contributed by atoms with Gasteiger partial charge in [-0.3, -0.25) is 4.79 Å². The molecule has 0 fully saturated rings. The van der Waals surface area contributed by atoms with Crippen molar-refractivity contribution in [1.82, 2.24) is 0 Å². The van der Waals surface area contributed by atoms with Gasteiger partial charge in [0.05, 0.1) is 0 Å². The molecule has 0 aromatic heterocycles. The Morgan fingerprint density at radius 1 is 1.33 bits per heavy atom. The SMILES string of the molecule is CC(C)Sc1ccc(C(=O)CCS)cc1. The molecule has 0 saturated carbocycles. The molecular weight excluding hydrogens is 224 g/mol. The van der Waals surface area contributed by atoms with E-state index in [0.717, 1.165) is 5.56 Å². The van der Waals surface area contributed by atoms with Crippen LogP contribution in [-0.4, -0.2) is 16.8 Å². The summed E-state index contributed by atoms with van der Waals surface area (Å²) in [6.45, 7) is 4.31. The number of thiol groups is 1. The molecule has 0 unspecified atom stereocenters. The zero-order chi connectivity index (χ0) is 11.3. The van der Waals surface area contributed by atoms with Crippen LogP contribution >= 0.6 is 24.4 Å². The first-order chi connectivity index (χ1) is 7.13. The number of rotatable bonds is 5. The predicted molar refractivity (Wildman–Crippen MR) is 70.2 cm³/mol. The third-order valence-electron chi connectivity index (χ3n) is 1.89. The summed E-state index contributed by atoms with van der Waals surface area (Å²) in [7, 11) is 0. The molecule has 0 N–H and O–H groups in total. The van der Waals surface area contributed by atoms with Crippen LogP contribution in [0.1, 0.15) is 30.6 Å². The molecular formula is C12H16OS2. The zero-order valence-corrected chi connectivity index (χ0v) is 10.8. The van der Waals surface area contributed by atoms with Gasteiger partial charge in [0.2, 0.25) is 0 Å². The zero-order valence-electron chi connectivity index (χ0n) is 9.06. The second-order valence-corrected chi connectivity index (χ2v) is 5.68. The van der Waals surface area contributed by atoms with Gasteiger partial charge in [0.15, 0.2) is 5.78 Å². The Balaban J connectivity index is 2.67. The molecule has 0 spiro atoms. The molecule has 1 aromatic carbocycles. The number of hydrogen-bond donors (Lipinski definition) is 1. The third kappa shape index (κ3) is 4.31. The molecule has 1 nitrogen and oxygen atoms in total. The smallest absolute Gasteiger partial charge is 0.163 e. The standard InChI is InChI=1S/C12H16OS2/c1-9(2)15-11-5-3-10(4-6-11)12(13)7-8-14/h3-6,9,14H,7-8H2,1-2H3. The summed E-state index contributed by atoms with van der Waals surface area (Å²) in [5.74, 6) is 0.785. The summed E-state index contributed by atoms with van der Waals surface area (Å²) >= 11 is 5.86. The van der Waals surface area contributed by atoms with Gasteiger partial charge >= 0.3 is 0 Å². The van der Waals surface area contributed by atoms with Gasteiger partial charge in [-0.25, -0.2) is 0 Å². The Bertz CT molecular complexity index is 317. The number of benzene rings is 1. The molecule has 15 heavy (non-hydrogen) atoms. The largest absolute Gasteiger partial charge is 0.294 e. The van der Waals surface area contributed by atoms with Crippen LogP contribution in [0.15, 0.2) is 29.2 Å². The van der Waals surface area contributed by atoms with E-state index in [2.05, 4.69) is 26.5 Å². The van der Waals surface area contributed by atoms with Crippen molar-refractivity contribution in [3.05, 3.63) is 29.8 Å². The highest BCUT2D eigenvalue weighted by Gasteiger charge is 2.04. The van der Waals surface area contributed by atoms with Gasteiger partial charge < -0.3 is 0 Å². The summed E-state index contributed by atoms with van der Waals surface area (Å²) in [4.78, 5) is 12.7. The minimum Gasteiger partial charge on any atom is -0.294 e. The number of thioether (sulfide) groups is 1. The van der Waals surface area contributed by atoms with Gasteiger partial charge in [-0.1, -0.05) is 26.0 Å². The fourth-order valence-corrected chi connectivity index (χ4v) is 2.28. The monoisotopic (exact) mass is 240 g/mol. The van der Waals surface area contributed by atoms with Crippen LogP contribution < -0.4 is 0 Å². The average Bonchev–Trinajstić information content (AvgIpc) is 2.18. The highest BCUT2D eigenvalue weighted by molar-refractivity contribution is 7.99. The second kappa shape index (κ2) is 6.23. The predicted octanol–water partition coefficient (Wildman–Crippen LogP) is 3.69. The van der Waals surface area contributed by atoms with E-state index in [1.54, 1.807) is 11.8 Å². The molecule has 1 aromatic rings. The molecule has 1 rings (SSSR count). The van der Waals surface area contributed by atoms with Crippen molar-refractivity contribution in [2.75, 3.05) is 5.75 Å². The molecule has 0 atom stereocenters. The van der Waals surface area contributed by atoms with Gasteiger partial charge in [0.25, 0.3) is 0 Å². The van der Waals surface area contributed by atoms with Crippen LogP contribution in [0.4, 0.5) is 0 Å². The minimum absolute atomic E-state index is 0.172. The van der Waals surface area contributed by atoms with Gasteiger partial charge in [0.1, 0.15) is 0 Å². The van der Waals surface area contributed by atoms with Crippen molar-refractivity contribution in [3.8, 4) is 0 Å². The van der Waals surface area contributed by atoms with Gasteiger partial charge in [-0.2, -0.15) is 12.6 Å². The van der Waals surface area contributed by atoms with Crippen molar-refractivity contribution < 1.29 is 4.79 Å². The van der Waals surface area contributed by atoms with Gasteiger partial charge in [-0.05, 0) is 17.9 Å². The Morgan fingerprint density at radius 2 is 1.93 bits per heavy atom. The number of Topliss-reactive ketones (excluding diaryl/α,β-unsaturated/α-hetero) is 1. The van der Waals surface area contributed by atoms with E-state index in [-0.39, 0.29) is 5.78 Å². The first-order valence-corrected chi connectivity index (χ1v) is 6.55. The fourth-order valence-electron chi connectivity index (χ4n) is 1.24. The van der Waals surface area contributed by atoms with E-state index in [9.17, 15) is 4.79 Å². The third-order valence-corrected chi connectivity index (χ3v) is 3.13. The maximum absolute atomic E-state index is 11.5. The highest BCUT2D eigenvalue weighted by atomic mass is 32.2.